The Morgan fingerprint density at radius 1 is 0.633 bits per heavy atom. The zero-order valence-corrected chi connectivity index (χ0v) is 16.1. The highest BCUT2D eigenvalue weighted by Gasteiger charge is 2.17. The van der Waals surface area contributed by atoms with Gasteiger partial charge in [0.15, 0.2) is 0 Å². The van der Waals surface area contributed by atoms with Gasteiger partial charge in [0.1, 0.15) is 0 Å². The van der Waals surface area contributed by atoms with Crippen molar-refractivity contribution in [3.8, 4) is 0 Å². The Bertz CT molecular complexity index is 748. The molecule has 10 nitrogen and oxygen atoms in total. The number of hydrogen-bond acceptors (Lipinski definition) is 8. The van der Waals surface area contributed by atoms with Crippen molar-refractivity contribution in [1.29, 1.82) is 0 Å². The highest BCUT2D eigenvalue weighted by molar-refractivity contribution is 6.01. The van der Waals surface area contributed by atoms with Crippen molar-refractivity contribution in [3.05, 3.63) is 35.4 Å². The summed E-state index contributed by atoms with van der Waals surface area (Å²) in [6, 6.07) is 5.08. The molecular formula is C20H22O10. The first-order chi connectivity index (χ1) is 14.2. The maximum atomic E-state index is 12.0. The van der Waals surface area contributed by atoms with Crippen LogP contribution < -0.4 is 0 Å². The van der Waals surface area contributed by atoms with Crippen molar-refractivity contribution in [2.45, 2.75) is 51.4 Å². The second-order valence-corrected chi connectivity index (χ2v) is 6.31. The third-order valence-electron chi connectivity index (χ3n) is 3.79. The maximum Gasteiger partial charge on any atom is 0.345 e. The number of carbonyl (C=O) groups excluding carboxylic acids is 4. The van der Waals surface area contributed by atoms with E-state index in [1.807, 2.05) is 0 Å². The summed E-state index contributed by atoms with van der Waals surface area (Å²) in [4.78, 5) is 68.1. The van der Waals surface area contributed by atoms with E-state index < -0.39 is 35.8 Å². The molecule has 0 aliphatic heterocycles. The van der Waals surface area contributed by atoms with Gasteiger partial charge >= 0.3 is 35.8 Å². The third kappa shape index (κ3) is 10.1. The van der Waals surface area contributed by atoms with Gasteiger partial charge in [0.25, 0.3) is 0 Å². The summed E-state index contributed by atoms with van der Waals surface area (Å²) >= 11 is 0. The monoisotopic (exact) mass is 422 g/mol. The van der Waals surface area contributed by atoms with E-state index in [1.165, 1.54) is 18.2 Å². The van der Waals surface area contributed by atoms with Crippen molar-refractivity contribution in [1.82, 2.24) is 0 Å². The van der Waals surface area contributed by atoms with E-state index >= 15 is 0 Å². The van der Waals surface area contributed by atoms with E-state index in [4.69, 9.17) is 10.2 Å². The van der Waals surface area contributed by atoms with E-state index in [9.17, 15) is 28.8 Å². The van der Waals surface area contributed by atoms with Crippen LogP contribution >= 0.6 is 0 Å². The number of carbonyl (C=O) groups is 6. The van der Waals surface area contributed by atoms with Crippen molar-refractivity contribution in [2.24, 2.45) is 0 Å². The summed E-state index contributed by atoms with van der Waals surface area (Å²) in [5.74, 6) is -5.60. The molecule has 1 aromatic rings. The fraction of sp³-hybridized carbons (Fsp3) is 0.400. The number of aliphatic carboxylic acids is 2. The van der Waals surface area contributed by atoms with Crippen molar-refractivity contribution >= 4 is 35.8 Å². The lowest BCUT2D eigenvalue weighted by Crippen LogP contribution is -2.15. The molecule has 0 saturated carbocycles. The predicted molar refractivity (Wildman–Crippen MR) is 99.5 cm³/mol. The number of unbranched alkanes of at least 4 members (excludes halogenated alkanes) is 2. The van der Waals surface area contributed by atoms with Crippen LogP contribution in [-0.2, 0) is 28.7 Å². The van der Waals surface area contributed by atoms with Crippen LogP contribution in [0.5, 0.6) is 0 Å². The molecule has 1 rings (SSSR count). The smallest absolute Gasteiger partial charge is 0.345 e. The minimum Gasteiger partial charge on any atom is -0.481 e. The summed E-state index contributed by atoms with van der Waals surface area (Å²) in [5.41, 5.74) is -0.200. The molecule has 1 aromatic carbocycles. The largest absolute Gasteiger partial charge is 0.481 e. The lowest BCUT2D eigenvalue weighted by atomic mass is 10.1. The lowest BCUT2D eigenvalue weighted by molar-refractivity contribution is -0.139. The SMILES string of the molecule is O=C(O)CCCCC(=O)OC(=O)c1cccc(C(=O)OC(=O)CCCCC(=O)O)c1. The van der Waals surface area contributed by atoms with Gasteiger partial charge in [-0.15, -0.1) is 0 Å². The third-order valence-corrected chi connectivity index (χ3v) is 3.79. The average molecular weight is 422 g/mol. The topological polar surface area (TPSA) is 161 Å². The van der Waals surface area contributed by atoms with Gasteiger partial charge < -0.3 is 19.7 Å². The van der Waals surface area contributed by atoms with E-state index in [1.54, 1.807) is 0 Å². The first kappa shape index (κ1) is 24.5. The van der Waals surface area contributed by atoms with Crippen molar-refractivity contribution in [3.63, 3.8) is 0 Å². The van der Waals surface area contributed by atoms with E-state index in [0.717, 1.165) is 6.07 Å². The van der Waals surface area contributed by atoms with Gasteiger partial charge in [-0.1, -0.05) is 6.07 Å². The summed E-state index contributed by atoms with van der Waals surface area (Å²) in [7, 11) is 0. The van der Waals surface area contributed by atoms with Gasteiger partial charge in [0.2, 0.25) is 0 Å². The Balaban J connectivity index is 2.52. The van der Waals surface area contributed by atoms with Crippen LogP contribution in [0.2, 0.25) is 0 Å². The minimum atomic E-state index is -0.993. The number of carboxylic acids is 2. The number of rotatable bonds is 12. The zero-order chi connectivity index (χ0) is 22.5. The summed E-state index contributed by atoms with van der Waals surface area (Å²) < 4.78 is 9.30. The minimum absolute atomic E-state index is 0.0936. The summed E-state index contributed by atoms with van der Waals surface area (Å²) in [6.45, 7) is 0. The quantitative estimate of drug-likeness (QED) is 0.290. The molecule has 0 amide bonds. The molecule has 2 N–H and O–H groups in total. The van der Waals surface area contributed by atoms with Gasteiger partial charge in [-0.05, 0) is 43.9 Å². The van der Waals surface area contributed by atoms with Gasteiger partial charge in [-0.2, -0.15) is 0 Å². The number of benzene rings is 1. The first-order valence-corrected chi connectivity index (χ1v) is 9.22. The van der Waals surface area contributed by atoms with E-state index in [0.29, 0.717) is 0 Å². The number of ether oxygens (including phenoxy) is 2. The van der Waals surface area contributed by atoms with Crippen LogP contribution in [0.1, 0.15) is 72.1 Å². The standard InChI is InChI=1S/C20H22O10/c21-15(22)8-1-3-10-17(25)29-19(27)13-6-5-7-14(12-13)20(28)30-18(26)11-4-2-9-16(23)24/h5-7,12H,1-4,8-11H2,(H,21,22)(H,23,24). The molecule has 0 atom stereocenters. The molecular weight excluding hydrogens is 400 g/mol. The molecule has 0 aromatic heterocycles. The van der Waals surface area contributed by atoms with Gasteiger partial charge in [-0.3, -0.25) is 19.2 Å². The normalized spacial score (nSPS) is 10.1. The highest BCUT2D eigenvalue weighted by Crippen LogP contribution is 2.11. The number of esters is 4. The summed E-state index contributed by atoms with van der Waals surface area (Å²) in [5, 5.41) is 17.0. The molecule has 0 aliphatic carbocycles. The summed E-state index contributed by atoms with van der Waals surface area (Å²) in [6.07, 6.45) is 0.592. The number of carboxylic acid groups (broad SMARTS) is 2. The van der Waals surface area contributed by atoms with Crippen LogP contribution in [0, 0.1) is 0 Å². The van der Waals surface area contributed by atoms with E-state index in [2.05, 4.69) is 9.47 Å². The zero-order valence-electron chi connectivity index (χ0n) is 16.1. The molecule has 10 heteroatoms. The van der Waals surface area contributed by atoms with Crippen LogP contribution in [0.25, 0.3) is 0 Å². The van der Waals surface area contributed by atoms with Crippen LogP contribution in [-0.4, -0.2) is 46.0 Å². The first-order valence-electron chi connectivity index (χ1n) is 9.22. The molecule has 162 valence electrons. The molecule has 0 radical (unpaired) electrons. The Kier molecular flexibility index (Phi) is 10.5. The molecule has 30 heavy (non-hydrogen) atoms. The van der Waals surface area contributed by atoms with Crippen LogP contribution in [0.4, 0.5) is 0 Å². The molecule has 0 spiro atoms. The molecule has 0 unspecified atom stereocenters. The molecule has 0 heterocycles. The Morgan fingerprint density at radius 3 is 1.37 bits per heavy atom. The Morgan fingerprint density at radius 2 is 1.00 bits per heavy atom. The second-order valence-electron chi connectivity index (χ2n) is 6.31. The lowest BCUT2D eigenvalue weighted by Gasteiger charge is -2.06. The number of hydrogen-bond donors (Lipinski definition) is 2. The Hall–Kier alpha value is -3.56. The van der Waals surface area contributed by atoms with Gasteiger partial charge in [0, 0.05) is 25.7 Å². The maximum absolute atomic E-state index is 12.0. The average Bonchev–Trinajstić information content (AvgIpc) is 2.68. The highest BCUT2D eigenvalue weighted by atomic mass is 16.6. The van der Waals surface area contributed by atoms with Gasteiger partial charge in [0.05, 0.1) is 11.1 Å². The fourth-order valence-corrected chi connectivity index (χ4v) is 2.29. The van der Waals surface area contributed by atoms with Crippen LogP contribution in [0.3, 0.4) is 0 Å². The van der Waals surface area contributed by atoms with E-state index in [-0.39, 0.29) is 62.5 Å². The van der Waals surface area contributed by atoms with Crippen molar-refractivity contribution in [2.75, 3.05) is 0 Å². The molecule has 0 bridgehead atoms. The Labute approximate surface area is 171 Å². The predicted octanol–water partition coefficient (Wildman–Crippen LogP) is 2.34. The van der Waals surface area contributed by atoms with Crippen molar-refractivity contribution < 1.29 is 48.5 Å². The molecule has 0 fully saturated rings. The second kappa shape index (κ2) is 12.8. The fourth-order valence-electron chi connectivity index (χ4n) is 2.29. The van der Waals surface area contributed by atoms with Crippen LogP contribution in [0.15, 0.2) is 24.3 Å². The van der Waals surface area contributed by atoms with Gasteiger partial charge in [-0.25, -0.2) is 9.59 Å². The molecule has 0 saturated heterocycles. The molecule has 0 aliphatic rings.